The molecule has 0 aromatic heterocycles. The maximum absolute atomic E-state index is 5.47. The van der Waals surface area contributed by atoms with Crippen LogP contribution in [0.1, 0.15) is 12.0 Å². The number of nitrogens with one attached hydrogen (secondary N) is 2. The normalized spacial score (nSPS) is 14.0. The minimum atomic E-state index is 0.630. The van der Waals surface area contributed by atoms with Crippen molar-refractivity contribution in [2.45, 2.75) is 12.8 Å². The van der Waals surface area contributed by atoms with Crippen LogP contribution >= 0.6 is 0 Å². The molecule has 0 aliphatic carbocycles. The predicted molar refractivity (Wildman–Crippen MR) is 82.7 cm³/mol. The Morgan fingerprint density at radius 2 is 1.95 bits per heavy atom. The van der Waals surface area contributed by atoms with Crippen LogP contribution < -0.4 is 24.8 Å². The fourth-order valence-corrected chi connectivity index (χ4v) is 2.33. The second kappa shape index (κ2) is 7.61. The molecule has 0 saturated carbocycles. The van der Waals surface area contributed by atoms with E-state index in [1.807, 2.05) is 12.1 Å². The Bertz CT molecular complexity index is 503. The SMILES string of the molecule is COc1ccc(CCNC2=NCCCN2)c(OC)c1OC. The van der Waals surface area contributed by atoms with Crippen LogP contribution in [0.3, 0.4) is 0 Å². The fraction of sp³-hybridized carbons (Fsp3) is 0.533. The van der Waals surface area contributed by atoms with Gasteiger partial charge in [0.2, 0.25) is 5.75 Å². The summed E-state index contributed by atoms with van der Waals surface area (Å²) in [4.78, 5) is 4.38. The highest BCUT2D eigenvalue weighted by molar-refractivity contribution is 5.80. The summed E-state index contributed by atoms with van der Waals surface area (Å²) in [6, 6.07) is 3.89. The third kappa shape index (κ3) is 3.71. The van der Waals surface area contributed by atoms with Crippen LogP contribution in [-0.4, -0.2) is 46.9 Å². The highest BCUT2D eigenvalue weighted by atomic mass is 16.5. The van der Waals surface area contributed by atoms with E-state index in [0.29, 0.717) is 11.5 Å². The van der Waals surface area contributed by atoms with Crippen molar-refractivity contribution >= 4 is 5.96 Å². The Labute approximate surface area is 125 Å². The molecule has 6 nitrogen and oxygen atoms in total. The molecule has 2 N–H and O–H groups in total. The number of rotatable bonds is 6. The molecule has 0 atom stereocenters. The van der Waals surface area contributed by atoms with Crippen LogP contribution in [0.15, 0.2) is 17.1 Å². The average molecular weight is 293 g/mol. The number of nitrogens with zero attached hydrogens (tertiary/aromatic N) is 1. The highest BCUT2D eigenvalue weighted by Gasteiger charge is 2.15. The Hall–Kier alpha value is -2.11. The monoisotopic (exact) mass is 293 g/mol. The molecular weight excluding hydrogens is 270 g/mol. The first-order valence-electron chi connectivity index (χ1n) is 7.10. The van der Waals surface area contributed by atoms with E-state index in [4.69, 9.17) is 14.2 Å². The number of hydrogen-bond donors (Lipinski definition) is 2. The molecule has 1 aromatic rings. The Balaban J connectivity index is 2.03. The van der Waals surface area contributed by atoms with Crippen molar-refractivity contribution in [1.82, 2.24) is 10.6 Å². The van der Waals surface area contributed by atoms with Crippen molar-refractivity contribution in [1.29, 1.82) is 0 Å². The van der Waals surface area contributed by atoms with Gasteiger partial charge in [-0.05, 0) is 18.9 Å². The molecule has 0 amide bonds. The average Bonchev–Trinajstić information content (AvgIpc) is 2.55. The maximum Gasteiger partial charge on any atom is 0.203 e. The van der Waals surface area contributed by atoms with Gasteiger partial charge in [0, 0.05) is 25.2 Å². The summed E-state index contributed by atoms with van der Waals surface area (Å²) < 4.78 is 16.1. The first-order chi connectivity index (χ1) is 10.3. The molecule has 1 aliphatic heterocycles. The molecule has 6 heteroatoms. The number of aliphatic imine (C=N–C) groups is 1. The molecule has 1 aromatic carbocycles. The lowest BCUT2D eigenvalue weighted by atomic mass is 10.1. The van der Waals surface area contributed by atoms with Crippen molar-refractivity contribution in [2.75, 3.05) is 41.0 Å². The van der Waals surface area contributed by atoms with E-state index >= 15 is 0 Å². The largest absolute Gasteiger partial charge is 0.493 e. The van der Waals surface area contributed by atoms with Crippen LogP contribution in [-0.2, 0) is 6.42 Å². The van der Waals surface area contributed by atoms with Crippen molar-refractivity contribution in [3.8, 4) is 17.2 Å². The molecule has 0 saturated heterocycles. The Morgan fingerprint density at radius 3 is 2.57 bits per heavy atom. The topological polar surface area (TPSA) is 64.1 Å². The molecule has 0 fully saturated rings. The highest BCUT2D eigenvalue weighted by Crippen LogP contribution is 2.39. The van der Waals surface area contributed by atoms with E-state index in [1.165, 1.54) is 0 Å². The third-order valence-electron chi connectivity index (χ3n) is 3.37. The van der Waals surface area contributed by atoms with Crippen LogP contribution in [0, 0.1) is 0 Å². The standard InChI is InChI=1S/C15H23N3O3/c1-19-12-6-5-11(13(20-2)14(12)21-3)7-10-18-15-16-8-4-9-17-15/h5-6H,4,7-10H2,1-3H3,(H2,16,17,18). The van der Waals surface area contributed by atoms with Gasteiger partial charge in [-0.1, -0.05) is 6.07 Å². The quantitative estimate of drug-likeness (QED) is 0.825. The molecule has 1 heterocycles. The number of benzene rings is 1. The van der Waals surface area contributed by atoms with E-state index in [2.05, 4.69) is 15.6 Å². The summed E-state index contributed by atoms with van der Waals surface area (Å²) in [5.41, 5.74) is 1.07. The molecular formula is C15H23N3O3. The van der Waals surface area contributed by atoms with Gasteiger partial charge in [-0.25, -0.2) is 0 Å². The minimum absolute atomic E-state index is 0.630. The lowest BCUT2D eigenvalue weighted by Crippen LogP contribution is -2.41. The Morgan fingerprint density at radius 1 is 1.14 bits per heavy atom. The zero-order valence-corrected chi connectivity index (χ0v) is 12.9. The molecule has 0 bridgehead atoms. The minimum Gasteiger partial charge on any atom is -0.493 e. The van der Waals surface area contributed by atoms with Crippen LogP contribution in [0.5, 0.6) is 17.2 Å². The molecule has 116 valence electrons. The second-order valence-corrected chi connectivity index (χ2v) is 4.68. The number of guanidine groups is 1. The van der Waals surface area contributed by atoms with Crippen molar-refractivity contribution < 1.29 is 14.2 Å². The summed E-state index contributed by atoms with van der Waals surface area (Å²) >= 11 is 0. The summed E-state index contributed by atoms with van der Waals surface area (Å²) in [5, 5.41) is 6.54. The van der Waals surface area contributed by atoms with Crippen molar-refractivity contribution in [2.24, 2.45) is 4.99 Å². The van der Waals surface area contributed by atoms with E-state index in [-0.39, 0.29) is 0 Å². The number of methoxy groups -OCH3 is 3. The first-order valence-corrected chi connectivity index (χ1v) is 7.10. The van der Waals surface area contributed by atoms with Crippen LogP contribution in [0.4, 0.5) is 0 Å². The van der Waals surface area contributed by atoms with E-state index < -0.39 is 0 Å². The van der Waals surface area contributed by atoms with Gasteiger partial charge in [0.1, 0.15) is 0 Å². The maximum atomic E-state index is 5.47. The van der Waals surface area contributed by atoms with E-state index in [9.17, 15) is 0 Å². The van der Waals surface area contributed by atoms with E-state index in [1.54, 1.807) is 21.3 Å². The smallest absolute Gasteiger partial charge is 0.203 e. The number of ether oxygens (including phenoxy) is 3. The van der Waals surface area contributed by atoms with Gasteiger partial charge in [-0.2, -0.15) is 0 Å². The lowest BCUT2D eigenvalue weighted by molar-refractivity contribution is 0.322. The van der Waals surface area contributed by atoms with Crippen molar-refractivity contribution in [3.63, 3.8) is 0 Å². The fourth-order valence-electron chi connectivity index (χ4n) is 2.33. The molecule has 0 unspecified atom stereocenters. The summed E-state index contributed by atoms with van der Waals surface area (Å²) in [6.07, 6.45) is 1.90. The molecule has 0 spiro atoms. The van der Waals surface area contributed by atoms with Crippen LogP contribution in [0.2, 0.25) is 0 Å². The molecule has 0 radical (unpaired) electrons. The van der Waals surface area contributed by atoms with E-state index in [0.717, 1.165) is 49.7 Å². The Kier molecular flexibility index (Phi) is 5.54. The zero-order valence-electron chi connectivity index (χ0n) is 12.9. The number of hydrogen-bond acceptors (Lipinski definition) is 6. The van der Waals surface area contributed by atoms with Crippen molar-refractivity contribution in [3.05, 3.63) is 17.7 Å². The van der Waals surface area contributed by atoms with Gasteiger partial charge in [0.05, 0.1) is 21.3 Å². The molecule has 2 rings (SSSR count). The summed E-state index contributed by atoms with van der Waals surface area (Å²) in [7, 11) is 4.87. The lowest BCUT2D eigenvalue weighted by Gasteiger charge is -2.18. The van der Waals surface area contributed by atoms with Gasteiger partial charge >= 0.3 is 0 Å². The van der Waals surface area contributed by atoms with Gasteiger partial charge in [0.25, 0.3) is 0 Å². The molecule has 21 heavy (non-hydrogen) atoms. The first kappa shape index (κ1) is 15.3. The van der Waals surface area contributed by atoms with Gasteiger partial charge in [-0.15, -0.1) is 0 Å². The van der Waals surface area contributed by atoms with Gasteiger partial charge in [-0.3, -0.25) is 4.99 Å². The van der Waals surface area contributed by atoms with Crippen LogP contribution in [0.25, 0.3) is 0 Å². The predicted octanol–water partition coefficient (Wildman–Crippen LogP) is 1.19. The third-order valence-corrected chi connectivity index (χ3v) is 3.37. The second-order valence-electron chi connectivity index (χ2n) is 4.68. The molecule has 1 aliphatic rings. The zero-order chi connectivity index (χ0) is 15.1. The van der Waals surface area contributed by atoms with Gasteiger partial charge < -0.3 is 24.8 Å². The van der Waals surface area contributed by atoms with Gasteiger partial charge in [0.15, 0.2) is 17.5 Å². The summed E-state index contributed by atoms with van der Waals surface area (Å²) in [5.74, 6) is 2.90. The summed E-state index contributed by atoms with van der Waals surface area (Å²) in [6.45, 7) is 2.64.